The van der Waals surface area contributed by atoms with Gasteiger partial charge in [0.25, 0.3) is 0 Å². The molecule has 0 unspecified atom stereocenters. The number of nitrogens with zero attached hydrogens (tertiary/aromatic N) is 2. The van der Waals surface area contributed by atoms with Crippen molar-refractivity contribution in [2.45, 2.75) is 53.0 Å². The fraction of sp³-hybridized carbons (Fsp3) is 0.440. The van der Waals surface area contributed by atoms with E-state index >= 15 is 0 Å². The Balaban J connectivity index is 1.52. The number of aromatic nitrogens is 2. The van der Waals surface area contributed by atoms with Crippen molar-refractivity contribution in [3.8, 4) is 5.75 Å². The zero-order valence-electron chi connectivity index (χ0n) is 18.4. The number of carbonyl (C=O) groups excluding carboxylic acids is 1. The summed E-state index contributed by atoms with van der Waals surface area (Å²) < 4.78 is 8.18. The van der Waals surface area contributed by atoms with E-state index in [1.165, 1.54) is 11.1 Å². The summed E-state index contributed by atoms with van der Waals surface area (Å²) in [6.07, 6.45) is 3.76. The van der Waals surface area contributed by atoms with Crippen LogP contribution in [0.4, 0.5) is 0 Å². The molecule has 160 valence electrons. The second-order valence-electron chi connectivity index (χ2n) is 8.09. The van der Waals surface area contributed by atoms with Crippen molar-refractivity contribution >= 4 is 16.9 Å². The molecule has 0 bridgehead atoms. The van der Waals surface area contributed by atoms with Gasteiger partial charge in [0, 0.05) is 25.4 Å². The van der Waals surface area contributed by atoms with Gasteiger partial charge in [0.2, 0.25) is 5.91 Å². The third-order valence-electron chi connectivity index (χ3n) is 5.20. The standard InChI is InChI=1S/C25H33N3O2/c1-19(2)25(29)26-16-8-11-24-27-22-9-4-5-10-23(22)28(24)17-6-7-18-30-21-14-12-20(3)13-15-21/h4-5,9-10,12-15,19H,6-8,11,16-18H2,1-3H3,(H,26,29). The van der Waals surface area contributed by atoms with Crippen LogP contribution in [0.3, 0.4) is 0 Å². The van der Waals surface area contributed by atoms with E-state index in [0.717, 1.165) is 49.3 Å². The number of carbonyl (C=O) groups is 1. The van der Waals surface area contributed by atoms with E-state index in [2.05, 4.69) is 47.1 Å². The molecule has 5 nitrogen and oxygen atoms in total. The number of ether oxygens (including phenoxy) is 1. The molecule has 0 spiro atoms. The van der Waals surface area contributed by atoms with Crippen LogP contribution in [0.5, 0.6) is 5.75 Å². The zero-order chi connectivity index (χ0) is 21.3. The molecule has 0 saturated carbocycles. The highest BCUT2D eigenvalue weighted by Crippen LogP contribution is 2.18. The van der Waals surface area contributed by atoms with Gasteiger partial charge in [-0.05, 0) is 50.5 Å². The molecule has 1 aromatic heterocycles. The van der Waals surface area contributed by atoms with Gasteiger partial charge in [0.1, 0.15) is 11.6 Å². The summed E-state index contributed by atoms with van der Waals surface area (Å²) in [5.74, 6) is 2.15. The number of nitrogens with one attached hydrogen (secondary N) is 1. The van der Waals surface area contributed by atoms with Crippen LogP contribution in [-0.4, -0.2) is 28.6 Å². The van der Waals surface area contributed by atoms with Crippen LogP contribution < -0.4 is 10.1 Å². The number of amides is 1. The molecule has 0 aliphatic rings. The molecule has 1 amide bonds. The van der Waals surface area contributed by atoms with Crippen molar-refractivity contribution in [1.82, 2.24) is 14.9 Å². The van der Waals surface area contributed by atoms with Gasteiger partial charge in [-0.15, -0.1) is 0 Å². The fourth-order valence-corrected chi connectivity index (χ4v) is 3.42. The topological polar surface area (TPSA) is 56.1 Å². The Kier molecular flexibility index (Phi) is 7.89. The molecule has 0 atom stereocenters. The summed E-state index contributed by atoms with van der Waals surface area (Å²) in [6, 6.07) is 16.5. The largest absolute Gasteiger partial charge is 0.494 e. The van der Waals surface area contributed by atoms with Crippen molar-refractivity contribution in [1.29, 1.82) is 0 Å². The number of unbranched alkanes of at least 4 members (excludes halogenated alkanes) is 1. The number of fused-ring (bicyclic) bond motifs is 1. The van der Waals surface area contributed by atoms with Crippen LogP contribution in [0, 0.1) is 12.8 Å². The number of aryl methyl sites for hydroxylation is 3. The lowest BCUT2D eigenvalue weighted by Crippen LogP contribution is -2.28. The van der Waals surface area contributed by atoms with Crippen LogP contribution in [0.1, 0.15) is 44.5 Å². The molecular weight excluding hydrogens is 374 g/mol. The highest BCUT2D eigenvalue weighted by Gasteiger charge is 2.11. The minimum atomic E-state index is 0.0247. The van der Waals surface area contributed by atoms with Gasteiger partial charge >= 0.3 is 0 Å². The highest BCUT2D eigenvalue weighted by atomic mass is 16.5. The molecule has 0 aliphatic heterocycles. The Morgan fingerprint density at radius 1 is 1.07 bits per heavy atom. The predicted molar refractivity (Wildman–Crippen MR) is 122 cm³/mol. The summed E-state index contributed by atoms with van der Waals surface area (Å²) in [4.78, 5) is 16.6. The Morgan fingerprint density at radius 2 is 1.83 bits per heavy atom. The van der Waals surface area contributed by atoms with Crippen molar-refractivity contribution in [2.75, 3.05) is 13.2 Å². The molecule has 0 saturated heterocycles. The van der Waals surface area contributed by atoms with Gasteiger partial charge in [0.05, 0.1) is 17.6 Å². The first-order valence-electron chi connectivity index (χ1n) is 11.0. The second-order valence-corrected chi connectivity index (χ2v) is 8.09. The lowest BCUT2D eigenvalue weighted by molar-refractivity contribution is -0.123. The molecule has 3 rings (SSSR count). The van der Waals surface area contributed by atoms with Crippen LogP contribution in [0.2, 0.25) is 0 Å². The number of hydrogen-bond donors (Lipinski definition) is 1. The molecule has 0 fully saturated rings. The van der Waals surface area contributed by atoms with E-state index in [-0.39, 0.29) is 11.8 Å². The van der Waals surface area contributed by atoms with E-state index in [9.17, 15) is 4.79 Å². The van der Waals surface area contributed by atoms with Gasteiger partial charge < -0.3 is 14.6 Å². The van der Waals surface area contributed by atoms with E-state index < -0.39 is 0 Å². The highest BCUT2D eigenvalue weighted by molar-refractivity contribution is 5.77. The van der Waals surface area contributed by atoms with E-state index in [1.807, 2.05) is 32.0 Å². The average Bonchev–Trinajstić information content (AvgIpc) is 3.09. The summed E-state index contributed by atoms with van der Waals surface area (Å²) in [6.45, 7) is 8.23. The van der Waals surface area contributed by atoms with E-state index in [4.69, 9.17) is 9.72 Å². The molecule has 1 N–H and O–H groups in total. The SMILES string of the molecule is Cc1ccc(OCCCCn2c(CCCNC(=O)C(C)C)nc3ccccc32)cc1. The normalized spacial score (nSPS) is 11.2. The Labute approximate surface area is 179 Å². The van der Waals surface area contributed by atoms with Gasteiger partial charge in [0.15, 0.2) is 0 Å². The van der Waals surface area contributed by atoms with E-state index in [0.29, 0.717) is 13.2 Å². The van der Waals surface area contributed by atoms with Crippen molar-refractivity contribution in [2.24, 2.45) is 5.92 Å². The summed E-state index contributed by atoms with van der Waals surface area (Å²) in [7, 11) is 0. The first kappa shape index (κ1) is 21.9. The van der Waals surface area contributed by atoms with E-state index in [1.54, 1.807) is 0 Å². The number of benzene rings is 2. The molecule has 3 aromatic rings. The number of rotatable bonds is 11. The minimum Gasteiger partial charge on any atom is -0.494 e. The smallest absolute Gasteiger partial charge is 0.222 e. The quantitative estimate of drug-likeness (QED) is 0.460. The van der Waals surface area contributed by atoms with Crippen molar-refractivity contribution < 1.29 is 9.53 Å². The third-order valence-corrected chi connectivity index (χ3v) is 5.20. The second kappa shape index (κ2) is 10.8. The molecule has 0 radical (unpaired) electrons. The summed E-state index contributed by atoms with van der Waals surface area (Å²) in [5, 5.41) is 2.99. The maximum Gasteiger partial charge on any atom is 0.222 e. The monoisotopic (exact) mass is 407 g/mol. The molecular formula is C25H33N3O2. The van der Waals surface area contributed by atoms with Crippen molar-refractivity contribution in [3.63, 3.8) is 0 Å². The Bertz CT molecular complexity index is 945. The maximum absolute atomic E-state index is 11.7. The molecule has 0 aliphatic carbocycles. The van der Waals surface area contributed by atoms with Crippen LogP contribution in [0.25, 0.3) is 11.0 Å². The van der Waals surface area contributed by atoms with Gasteiger partial charge in [-0.2, -0.15) is 0 Å². The lowest BCUT2D eigenvalue weighted by Gasteiger charge is -2.11. The average molecular weight is 408 g/mol. The minimum absolute atomic E-state index is 0.0247. The maximum atomic E-state index is 11.7. The van der Waals surface area contributed by atoms with Crippen LogP contribution >= 0.6 is 0 Å². The summed E-state index contributed by atoms with van der Waals surface area (Å²) in [5.41, 5.74) is 3.46. The van der Waals surface area contributed by atoms with Gasteiger partial charge in [-0.3, -0.25) is 4.79 Å². The van der Waals surface area contributed by atoms with Crippen LogP contribution in [0.15, 0.2) is 48.5 Å². The summed E-state index contributed by atoms with van der Waals surface area (Å²) >= 11 is 0. The number of para-hydroxylation sites is 2. The fourth-order valence-electron chi connectivity index (χ4n) is 3.42. The molecule has 30 heavy (non-hydrogen) atoms. The Hall–Kier alpha value is -2.82. The first-order valence-corrected chi connectivity index (χ1v) is 11.0. The first-order chi connectivity index (χ1) is 14.5. The Morgan fingerprint density at radius 3 is 2.60 bits per heavy atom. The van der Waals surface area contributed by atoms with Crippen LogP contribution in [-0.2, 0) is 17.8 Å². The molecule has 2 aromatic carbocycles. The predicted octanol–water partition coefficient (Wildman–Crippen LogP) is 4.91. The zero-order valence-corrected chi connectivity index (χ0v) is 18.4. The molecule has 1 heterocycles. The number of imidazole rings is 1. The number of hydrogen-bond acceptors (Lipinski definition) is 3. The third kappa shape index (κ3) is 6.09. The van der Waals surface area contributed by atoms with Gasteiger partial charge in [-0.25, -0.2) is 4.98 Å². The molecule has 5 heteroatoms. The lowest BCUT2D eigenvalue weighted by atomic mass is 10.2. The van der Waals surface area contributed by atoms with Crippen molar-refractivity contribution in [3.05, 3.63) is 59.9 Å². The van der Waals surface area contributed by atoms with Gasteiger partial charge in [-0.1, -0.05) is 43.7 Å².